The molecule has 3 nitrogen and oxygen atoms in total. The van der Waals surface area contributed by atoms with E-state index < -0.39 is 9.84 Å². The van der Waals surface area contributed by atoms with Gasteiger partial charge in [0.2, 0.25) is 0 Å². The maximum absolute atomic E-state index is 11.7. The van der Waals surface area contributed by atoms with Gasteiger partial charge in [-0.1, -0.05) is 12.8 Å². The normalized spacial score (nSPS) is 26.2. The lowest BCUT2D eigenvalue weighted by Crippen LogP contribution is -2.52. The largest absolute Gasteiger partial charge is 0.314 e. The third kappa shape index (κ3) is 2.05. The zero-order valence-corrected chi connectivity index (χ0v) is 8.65. The molecule has 1 aliphatic heterocycles. The van der Waals surface area contributed by atoms with Gasteiger partial charge in [0, 0.05) is 13.1 Å². The van der Waals surface area contributed by atoms with Crippen molar-refractivity contribution in [3.8, 4) is 0 Å². The van der Waals surface area contributed by atoms with Gasteiger partial charge in [0.25, 0.3) is 0 Å². The number of hydrogen-bond donors (Lipinski definition) is 1. The molecular formula is C9H17NO2S. The summed E-state index contributed by atoms with van der Waals surface area (Å²) in [6, 6.07) is 0. The lowest BCUT2D eigenvalue weighted by atomic mass is 10.1. The molecule has 0 amide bonds. The van der Waals surface area contributed by atoms with E-state index in [1.807, 2.05) is 0 Å². The van der Waals surface area contributed by atoms with Crippen molar-refractivity contribution in [2.24, 2.45) is 5.92 Å². The lowest BCUT2D eigenvalue weighted by Gasteiger charge is -2.27. The third-order valence-electron chi connectivity index (χ3n) is 3.19. The van der Waals surface area contributed by atoms with Crippen LogP contribution in [0.2, 0.25) is 0 Å². The van der Waals surface area contributed by atoms with Crippen molar-refractivity contribution in [2.45, 2.75) is 30.9 Å². The van der Waals surface area contributed by atoms with Crippen molar-refractivity contribution in [2.75, 3.05) is 18.8 Å². The van der Waals surface area contributed by atoms with Crippen molar-refractivity contribution in [3.63, 3.8) is 0 Å². The van der Waals surface area contributed by atoms with E-state index in [9.17, 15) is 8.42 Å². The molecule has 0 aromatic heterocycles. The maximum atomic E-state index is 11.7. The van der Waals surface area contributed by atoms with E-state index in [0.717, 1.165) is 12.8 Å². The number of sulfone groups is 1. The van der Waals surface area contributed by atoms with Gasteiger partial charge in [0.15, 0.2) is 9.84 Å². The predicted molar refractivity (Wildman–Crippen MR) is 52.4 cm³/mol. The van der Waals surface area contributed by atoms with Crippen molar-refractivity contribution in [1.29, 1.82) is 0 Å². The molecule has 76 valence electrons. The van der Waals surface area contributed by atoms with Crippen molar-refractivity contribution >= 4 is 9.84 Å². The Morgan fingerprint density at radius 1 is 1.15 bits per heavy atom. The number of hydrogen-bond acceptors (Lipinski definition) is 3. The highest BCUT2D eigenvalue weighted by molar-refractivity contribution is 7.92. The fraction of sp³-hybridized carbons (Fsp3) is 1.00. The maximum Gasteiger partial charge on any atom is 0.155 e. The number of nitrogens with one attached hydrogen (secondary N) is 1. The van der Waals surface area contributed by atoms with E-state index in [4.69, 9.17) is 0 Å². The fourth-order valence-corrected chi connectivity index (χ4v) is 4.16. The van der Waals surface area contributed by atoms with E-state index >= 15 is 0 Å². The minimum absolute atomic E-state index is 0.0758. The monoisotopic (exact) mass is 203 g/mol. The molecule has 0 radical (unpaired) electrons. The summed E-state index contributed by atoms with van der Waals surface area (Å²) in [7, 11) is -2.77. The van der Waals surface area contributed by atoms with Crippen LogP contribution in [0.25, 0.3) is 0 Å². The molecule has 0 atom stereocenters. The standard InChI is InChI=1S/C9H17NO2S/c11-13(12,9-5-10-6-9)7-8-3-1-2-4-8/h8-10H,1-7H2. The molecule has 1 saturated heterocycles. The van der Waals surface area contributed by atoms with Crippen LogP contribution in [0.1, 0.15) is 25.7 Å². The summed E-state index contributed by atoms with van der Waals surface area (Å²) in [5.41, 5.74) is 0. The SMILES string of the molecule is O=S(=O)(CC1CCCC1)C1CNC1. The van der Waals surface area contributed by atoms with Crippen molar-refractivity contribution in [1.82, 2.24) is 5.32 Å². The first-order chi connectivity index (χ1) is 6.18. The Hall–Kier alpha value is -0.0900. The minimum atomic E-state index is -2.77. The molecule has 0 unspecified atom stereocenters. The smallest absolute Gasteiger partial charge is 0.155 e. The van der Waals surface area contributed by atoms with E-state index in [1.165, 1.54) is 12.8 Å². The Morgan fingerprint density at radius 3 is 2.23 bits per heavy atom. The molecule has 2 aliphatic rings. The van der Waals surface area contributed by atoms with Gasteiger partial charge in [-0.15, -0.1) is 0 Å². The Labute approximate surface area is 79.8 Å². The summed E-state index contributed by atoms with van der Waals surface area (Å²) in [6.45, 7) is 1.35. The molecule has 2 rings (SSSR count). The van der Waals surface area contributed by atoms with E-state index in [2.05, 4.69) is 5.32 Å². The summed E-state index contributed by atoms with van der Waals surface area (Å²) < 4.78 is 23.5. The van der Waals surface area contributed by atoms with Crippen LogP contribution in [0.5, 0.6) is 0 Å². The fourth-order valence-electron chi connectivity index (χ4n) is 2.16. The predicted octanol–water partition coefficient (Wildman–Crippen LogP) is 0.563. The van der Waals surface area contributed by atoms with Crippen LogP contribution >= 0.6 is 0 Å². The first-order valence-electron chi connectivity index (χ1n) is 5.11. The Bertz CT molecular complexity index is 263. The Kier molecular flexibility index (Phi) is 2.60. The zero-order chi connectivity index (χ0) is 9.31. The van der Waals surface area contributed by atoms with Crippen LogP contribution < -0.4 is 5.32 Å². The van der Waals surface area contributed by atoms with Gasteiger partial charge < -0.3 is 5.32 Å². The van der Waals surface area contributed by atoms with Crippen molar-refractivity contribution in [3.05, 3.63) is 0 Å². The highest BCUT2D eigenvalue weighted by Gasteiger charge is 2.33. The Balaban J connectivity index is 1.91. The van der Waals surface area contributed by atoms with Crippen LogP contribution in [0.4, 0.5) is 0 Å². The average molecular weight is 203 g/mol. The van der Waals surface area contributed by atoms with Gasteiger partial charge in [-0.2, -0.15) is 0 Å². The summed E-state index contributed by atoms with van der Waals surface area (Å²) in [5, 5.41) is 2.94. The number of rotatable bonds is 3. The molecule has 1 N–H and O–H groups in total. The molecule has 1 aliphatic carbocycles. The molecule has 1 heterocycles. The topological polar surface area (TPSA) is 46.2 Å². The van der Waals surface area contributed by atoms with Crippen LogP contribution in [0.3, 0.4) is 0 Å². The van der Waals surface area contributed by atoms with Gasteiger partial charge in [0.05, 0.1) is 11.0 Å². The van der Waals surface area contributed by atoms with Crippen molar-refractivity contribution < 1.29 is 8.42 Å². The second-order valence-corrected chi connectivity index (χ2v) is 6.59. The zero-order valence-electron chi connectivity index (χ0n) is 7.83. The van der Waals surface area contributed by atoms with Crippen LogP contribution in [0.15, 0.2) is 0 Å². The highest BCUT2D eigenvalue weighted by atomic mass is 32.2. The molecule has 0 spiro atoms. The highest BCUT2D eigenvalue weighted by Crippen LogP contribution is 2.27. The summed E-state index contributed by atoms with van der Waals surface area (Å²) in [6.07, 6.45) is 4.70. The second-order valence-electron chi connectivity index (χ2n) is 4.26. The minimum Gasteiger partial charge on any atom is -0.314 e. The molecule has 13 heavy (non-hydrogen) atoms. The summed E-state index contributed by atoms with van der Waals surface area (Å²) in [5.74, 6) is 0.907. The molecule has 0 aromatic carbocycles. The van der Waals surface area contributed by atoms with Crippen LogP contribution in [-0.4, -0.2) is 32.5 Å². The van der Waals surface area contributed by atoms with Gasteiger partial charge in [-0.3, -0.25) is 0 Å². The lowest BCUT2D eigenvalue weighted by molar-refractivity contribution is 0.484. The quantitative estimate of drug-likeness (QED) is 0.729. The van der Waals surface area contributed by atoms with Gasteiger partial charge in [-0.25, -0.2) is 8.42 Å². The van der Waals surface area contributed by atoms with E-state index in [0.29, 0.717) is 24.8 Å². The molecular weight excluding hydrogens is 186 g/mol. The second kappa shape index (κ2) is 3.58. The third-order valence-corrected chi connectivity index (χ3v) is 5.48. The summed E-state index contributed by atoms with van der Waals surface area (Å²) in [4.78, 5) is 0. The van der Waals surface area contributed by atoms with E-state index in [-0.39, 0.29) is 5.25 Å². The molecule has 0 bridgehead atoms. The van der Waals surface area contributed by atoms with Crippen LogP contribution in [-0.2, 0) is 9.84 Å². The van der Waals surface area contributed by atoms with Gasteiger partial charge in [0.1, 0.15) is 0 Å². The average Bonchev–Trinajstić information content (AvgIpc) is 2.32. The van der Waals surface area contributed by atoms with Gasteiger partial charge >= 0.3 is 0 Å². The van der Waals surface area contributed by atoms with Gasteiger partial charge in [-0.05, 0) is 18.8 Å². The molecule has 0 aromatic rings. The first kappa shape index (κ1) is 9.46. The van der Waals surface area contributed by atoms with Crippen LogP contribution in [0, 0.1) is 5.92 Å². The summed E-state index contributed by atoms with van der Waals surface area (Å²) >= 11 is 0. The Morgan fingerprint density at radius 2 is 1.77 bits per heavy atom. The molecule has 2 fully saturated rings. The van der Waals surface area contributed by atoms with E-state index in [1.54, 1.807) is 0 Å². The molecule has 4 heteroatoms. The first-order valence-corrected chi connectivity index (χ1v) is 6.82. The molecule has 1 saturated carbocycles.